The number of benzene rings is 1. The highest BCUT2D eigenvalue weighted by Gasteiger charge is 2.29. The molecule has 126 valence electrons. The zero-order valence-electron chi connectivity index (χ0n) is 13.8. The molecule has 3 heterocycles. The molecule has 0 saturated heterocycles. The van der Waals surface area contributed by atoms with E-state index in [9.17, 15) is 4.79 Å². The van der Waals surface area contributed by atoms with Crippen LogP contribution in [0, 0.1) is 6.92 Å². The van der Waals surface area contributed by atoms with Gasteiger partial charge in [0.15, 0.2) is 10.8 Å². The lowest BCUT2D eigenvalue weighted by Crippen LogP contribution is -2.42. The topological polar surface area (TPSA) is 68.2 Å². The van der Waals surface area contributed by atoms with E-state index in [-0.39, 0.29) is 12.0 Å². The maximum atomic E-state index is 13.1. The average Bonchev–Trinajstić information content (AvgIpc) is 3.12. The van der Waals surface area contributed by atoms with Crippen LogP contribution >= 0.6 is 11.3 Å². The molecule has 0 bridgehead atoms. The predicted molar refractivity (Wildman–Crippen MR) is 96.1 cm³/mol. The highest BCUT2D eigenvalue weighted by Crippen LogP contribution is 2.36. The van der Waals surface area contributed by atoms with E-state index >= 15 is 0 Å². The third-order valence-corrected chi connectivity index (χ3v) is 4.87. The minimum Gasteiger partial charge on any atom is -0.487 e. The van der Waals surface area contributed by atoms with Gasteiger partial charge in [0.1, 0.15) is 16.7 Å². The summed E-state index contributed by atoms with van der Waals surface area (Å²) < 4.78 is 5.85. The van der Waals surface area contributed by atoms with Crippen molar-refractivity contribution in [1.82, 2.24) is 15.0 Å². The molecule has 25 heavy (non-hydrogen) atoms. The zero-order chi connectivity index (χ0) is 17.4. The fourth-order valence-electron chi connectivity index (χ4n) is 2.76. The molecule has 0 aliphatic carbocycles. The number of amides is 1. The maximum absolute atomic E-state index is 13.1. The van der Waals surface area contributed by atoms with E-state index in [4.69, 9.17) is 4.74 Å². The Labute approximate surface area is 149 Å². The van der Waals surface area contributed by atoms with Crippen molar-refractivity contribution in [3.8, 4) is 16.6 Å². The summed E-state index contributed by atoms with van der Waals surface area (Å²) in [6, 6.07) is 7.62. The maximum Gasteiger partial charge on any atom is 0.270 e. The molecule has 0 radical (unpaired) electrons. The summed E-state index contributed by atoms with van der Waals surface area (Å²) in [5.41, 5.74) is 1.88. The van der Waals surface area contributed by atoms with E-state index in [1.54, 1.807) is 29.6 Å². The molecule has 1 aliphatic heterocycles. The van der Waals surface area contributed by atoms with Gasteiger partial charge in [-0.2, -0.15) is 0 Å². The SMILES string of the molecule is Cc1ccc2c(c1)N(C(=O)c1cnc(-c3ncccn3)s1)CC(C)O2. The Kier molecular flexibility index (Phi) is 3.93. The molecular weight excluding hydrogens is 336 g/mol. The van der Waals surface area contributed by atoms with Gasteiger partial charge in [-0.25, -0.2) is 15.0 Å². The monoisotopic (exact) mass is 352 g/mol. The van der Waals surface area contributed by atoms with Gasteiger partial charge in [0, 0.05) is 12.4 Å². The van der Waals surface area contributed by atoms with E-state index in [0.29, 0.717) is 22.3 Å². The second-order valence-corrected chi connectivity index (χ2v) is 6.95. The number of hydrogen-bond donors (Lipinski definition) is 0. The molecule has 4 rings (SSSR count). The third-order valence-electron chi connectivity index (χ3n) is 3.89. The van der Waals surface area contributed by atoms with Crippen molar-refractivity contribution >= 4 is 22.9 Å². The normalized spacial score (nSPS) is 16.2. The van der Waals surface area contributed by atoms with Crippen LogP contribution in [-0.2, 0) is 0 Å². The van der Waals surface area contributed by atoms with Crippen LogP contribution in [0.3, 0.4) is 0 Å². The number of hydrogen-bond acceptors (Lipinski definition) is 6. The van der Waals surface area contributed by atoms with Crippen molar-refractivity contribution in [1.29, 1.82) is 0 Å². The minimum absolute atomic E-state index is 0.0657. The van der Waals surface area contributed by atoms with Crippen LogP contribution < -0.4 is 9.64 Å². The molecule has 1 atom stereocenters. The Morgan fingerprint density at radius 1 is 1.28 bits per heavy atom. The average molecular weight is 352 g/mol. The van der Waals surface area contributed by atoms with Crippen LogP contribution in [0.1, 0.15) is 22.2 Å². The second kappa shape index (κ2) is 6.25. The van der Waals surface area contributed by atoms with Crippen molar-refractivity contribution in [2.24, 2.45) is 0 Å². The number of aryl methyl sites for hydroxylation is 1. The lowest BCUT2D eigenvalue weighted by molar-refractivity contribution is 0.0965. The van der Waals surface area contributed by atoms with Crippen molar-refractivity contribution in [2.45, 2.75) is 20.0 Å². The zero-order valence-corrected chi connectivity index (χ0v) is 14.7. The fraction of sp³-hybridized carbons (Fsp3) is 0.222. The Morgan fingerprint density at radius 3 is 2.88 bits per heavy atom. The number of anilines is 1. The number of fused-ring (bicyclic) bond motifs is 1. The molecule has 1 aromatic carbocycles. The molecule has 1 aliphatic rings. The minimum atomic E-state index is -0.0818. The summed E-state index contributed by atoms with van der Waals surface area (Å²) >= 11 is 1.30. The Balaban J connectivity index is 1.68. The lowest BCUT2D eigenvalue weighted by atomic mass is 10.1. The molecule has 0 N–H and O–H groups in total. The number of nitrogens with zero attached hydrogens (tertiary/aromatic N) is 4. The summed E-state index contributed by atoms with van der Waals surface area (Å²) in [5, 5.41) is 0.634. The van der Waals surface area contributed by atoms with E-state index in [1.165, 1.54) is 11.3 Å². The summed E-state index contributed by atoms with van der Waals surface area (Å²) in [4.78, 5) is 28.1. The highest BCUT2D eigenvalue weighted by molar-refractivity contribution is 7.16. The van der Waals surface area contributed by atoms with E-state index in [2.05, 4.69) is 15.0 Å². The van der Waals surface area contributed by atoms with Gasteiger partial charge in [-0.3, -0.25) is 4.79 Å². The van der Waals surface area contributed by atoms with Crippen LogP contribution in [-0.4, -0.2) is 33.5 Å². The summed E-state index contributed by atoms with van der Waals surface area (Å²) in [5.74, 6) is 1.17. The van der Waals surface area contributed by atoms with Gasteiger partial charge in [0.05, 0.1) is 18.4 Å². The molecule has 0 saturated carbocycles. The number of thiazole rings is 1. The van der Waals surface area contributed by atoms with Crippen LogP contribution in [0.5, 0.6) is 5.75 Å². The number of rotatable bonds is 2. The van der Waals surface area contributed by atoms with Crippen molar-refractivity contribution in [3.05, 3.63) is 53.3 Å². The van der Waals surface area contributed by atoms with Crippen molar-refractivity contribution in [2.75, 3.05) is 11.4 Å². The van der Waals surface area contributed by atoms with Gasteiger partial charge in [0.25, 0.3) is 5.91 Å². The van der Waals surface area contributed by atoms with Crippen molar-refractivity contribution < 1.29 is 9.53 Å². The van der Waals surface area contributed by atoms with Gasteiger partial charge in [0.2, 0.25) is 0 Å². The van der Waals surface area contributed by atoms with Gasteiger partial charge in [-0.15, -0.1) is 11.3 Å². The first-order chi connectivity index (χ1) is 12.1. The number of ether oxygens (including phenoxy) is 1. The third kappa shape index (κ3) is 2.98. The van der Waals surface area contributed by atoms with Gasteiger partial charge < -0.3 is 9.64 Å². The molecule has 1 amide bonds. The highest BCUT2D eigenvalue weighted by atomic mass is 32.1. The van der Waals surface area contributed by atoms with E-state index in [1.807, 2.05) is 32.0 Å². The quantitative estimate of drug-likeness (QED) is 0.707. The number of carbonyl (C=O) groups excluding carboxylic acids is 1. The van der Waals surface area contributed by atoms with Crippen LogP contribution in [0.25, 0.3) is 10.8 Å². The molecule has 0 fully saturated rings. The van der Waals surface area contributed by atoms with E-state index < -0.39 is 0 Å². The molecule has 7 heteroatoms. The molecule has 2 aromatic heterocycles. The fourth-order valence-corrected chi connectivity index (χ4v) is 3.57. The Bertz CT molecular complexity index is 926. The molecule has 3 aromatic rings. The standard InChI is InChI=1S/C18H16N4O2S/c1-11-4-5-14-13(8-11)22(10-12(2)24-14)18(23)15-9-21-17(25-15)16-19-6-3-7-20-16/h3-9,12H,10H2,1-2H3. The predicted octanol–water partition coefficient (Wildman–Crippen LogP) is 3.34. The largest absolute Gasteiger partial charge is 0.487 e. The second-order valence-electron chi connectivity index (χ2n) is 5.92. The Hall–Kier alpha value is -2.80. The van der Waals surface area contributed by atoms with Crippen LogP contribution in [0.4, 0.5) is 5.69 Å². The Morgan fingerprint density at radius 2 is 2.08 bits per heavy atom. The smallest absolute Gasteiger partial charge is 0.270 e. The molecule has 6 nitrogen and oxygen atoms in total. The number of carbonyl (C=O) groups is 1. The van der Waals surface area contributed by atoms with Gasteiger partial charge in [-0.05, 0) is 37.6 Å². The van der Waals surface area contributed by atoms with Crippen molar-refractivity contribution in [3.63, 3.8) is 0 Å². The molecular formula is C18H16N4O2S. The molecule has 0 spiro atoms. The lowest BCUT2D eigenvalue weighted by Gasteiger charge is -2.33. The summed E-state index contributed by atoms with van der Waals surface area (Å²) in [7, 11) is 0. The van der Waals surface area contributed by atoms with Crippen LogP contribution in [0.2, 0.25) is 0 Å². The molecule has 1 unspecified atom stereocenters. The van der Waals surface area contributed by atoms with Gasteiger partial charge >= 0.3 is 0 Å². The summed E-state index contributed by atoms with van der Waals surface area (Å²) in [6.07, 6.45) is 4.85. The summed E-state index contributed by atoms with van der Waals surface area (Å²) in [6.45, 7) is 4.46. The first kappa shape index (κ1) is 15.7. The van der Waals surface area contributed by atoms with E-state index in [0.717, 1.165) is 17.0 Å². The number of aromatic nitrogens is 3. The first-order valence-electron chi connectivity index (χ1n) is 7.94. The first-order valence-corrected chi connectivity index (χ1v) is 8.76. The van der Waals surface area contributed by atoms with Crippen LogP contribution in [0.15, 0.2) is 42.9 Å². The van der Waals surface area contributed by atoms with Gasteiger partial charge in [-0.1, -0.05) is 6.07 Å².